The average molecular weight is 572 g/mol. The largest absolute Gasteiger partial charge is 0.352 e. The van der Waals surface area contributed by atoms with Crippen LogP contribution in [-0.2, 0) is 28.3 Å². The van der Waals surface area contributed by atoms with Gasteiger partial charge in [-0.2, -0.15) is 0 Å². The van der Waals surface area contributed by atoms with Crippen molar-refractivity contribution in [3.8, 4) is 0 Å². The minimum absolute atomic E-state index is 0.00152. The third-order valence-corrected chi connectivity index (χ3v) is 8.11. The number of amides is 2. The van der Waals surface area contributed by atoms with E-state index in [-0.39, 0.29) is 30.2 Å². The highest BCUT2D eigenvalue weighted by Crippen LogP contribution is 2.25. The zero-order valence-electron chi connectivity index (χ0n) is 22.5. The lowest BCUT2D eigenvalue weighted by Gasteiger charge is -2.32. The molecular weight excluding hydrogens is 535 g/mol. The van der Waals surface area contributed by atoms with Crippen LogP contribution < -0.4 is 5.32 Å². The molecule has 0 aliphatic rings. The lowest BCUT2D eigenvalue weighted by Crippen LogP contribution is -2.52. The maximum atomic E-state index is 13.8. The van der Waals surface area contributed by atoms with E-state index in [1.807, 2.05) is 50.2 Å². The fraction of sp³-hybridized carbons (Fsp3) is 0.355. The summed E-state index contributed by atoms with van der Waals surface area (Å²) in [5, 5.41) is 3.97. The molecule has 0 saturated carbocycles. The van der Waals surface area contributed by atoms with Crippen LogP contribution in [0, 0.1) is 13.8 Å². The molecule has 4 nitrogen and oxygen atoms in total. The molecule has 2 amide bonds. The number of hydrogen-bond acceptors (Lipinski definition) is 3. The van der Waals surface area contributed by atoms with Crippen molar-refractivity contribution in [2.75, 3.05) is 5.75 Å². The molecule has 0 fully saturated rings. The van der Waals surface area contributed by atoms with Crippen molar-refractivity contribution in [3.05, 3.63) is 105 Å². The van der Waals surface area contributed by atoms with Crippen LogP contribution in [0.3, 0.4) is 0 Å². The van der Waals surface area contributed by atoms with Gasteiger partial charge in [0.2, 0.25) is 11.8 Å². The van der Waals surface area contributed by atoms with Crippen molar-refractivity contribution in [2.24, 2.45) is 0 Å². The molecular formula is C31H36Cl2N2O2S. The van der Waals surface area contributed by atoms with Crippen LogP contribution in [0.5, 0.6) is 0 Å². The number of hydrogen-bond donors (Lipinski definition) is 1. The van der Waals surface area contributed by atoms with Crippen LogP contribution in [-0.4, -0.2) is 34.6 Å². The number of rotatable bonds is 12. The molecule has 0 aromatic heterocycles. The zero-order chi connectivity index (χ0) is 27.7. The lowest BCUT2D eigenvalue weighted by atomic mass is 10.0. The summed E-state index contributed by atoms with van der Waals surface area (Å²) in [6.45, 7) is 8.41. The van der Waals surface area contributed by atoms with E-state index in [1.54, 1.807) is 28.8 Å². The second-order valence-corrected chi connectivity index (χ2v) is 11.6. The van der Waals surface area contributed by atoms with Crippen molar-refractivity contribution >= 4 is 46.8 Å². The molecule has 2 unspecified atom stereocenters. The number of carbonyl (C=O) groups is 2. The number of carbonyl (C=O) groups excluding carboxylic acids is 2. The highest BCUT2D eigenvalue weighted by atomic mass is 35.5. The van der Waals surface area contributed by atoms with E-state index < -0.39 is 6.04 Å². The van der Waals surface area contributed by atoms with Crippen molar-refractivity contribution < 1.29 is 9.59 Å². The Morgan fingerprint density at radius 1 is 0.895 bits per heavy atom. The van der Waals surface area contributed by atoms with Gasteiger partial charge in [-0.15, -0.1) is 11.8 Å². The number of benzene rings is 3. The monoisotopic (exact) mass is 570 g/mol. The summed E-state index contributed by atoms with van der Waals surface area (Å²) in [6.07, 6.45) is 1.22. The molecule has 3 rings (SSSR count). The molecule has 2 atom stereocenters. The van der Waals surface area contributed by atoms with Gasteiger partial charge in [0.1, 0.15) is 6.04 Å². The molecule has 3 aromatic rings. The fourth-order valence-electron chi connectivity index (χ4n) is 4.32. The second-order valence-electron chi connectivity index (χ2n) is 9.78. The Balaban J connectivity index is 1.88. The number of halogens is 2. The fourth-order valence-corrected chi connectivity index (χ4v) is 5.49. The molecule has 0 saturated heterocycles. The topological polar surface area (TPSA) is 49.4 Å². The van der Waals surface area contributed by atoms with Gasteiger partial charge in [0.25, 0.3) is 0 Å². The Labute approximate surface area is 241 Å². The van der Waals surface area contributed by atoms with Crippen molar-refractivity contribution in [2.45, 2.75) is 64.9 Å². The van der Waals surface area contributed by atoms with E-state index in [2.05, 4.69) is 37.4 Å². The summed E-state index contributed by atoms with van der Waals surface area (Å²) in [5.41, 5.74) is 5.41. The van der Waals surface area contributed by atoms with E-state index in [1.165, 1.54) is 16.7 Å². The Hall–Kier alpha value is -2.47. The first kappa shape index (κ1) is 30.1. The van der Waals surface area contributed by atoms with Gasteiger partial charge in [-0.3, -0.25) is 9.59 Å². The summed E-state index contributed by atoms with van der Waals surface area (Å²) in [4.78, 5) is 29.1. The standard InChI is InChI=1S/C31H36Cl2N2O2S/c1-5-23(4)34-31(37)29(17-24-9-7-6-8-10-24)35(18-25-11-12-27(32)28(33)16-25)30(36)20-38-19-26-14-21(2)13-22(3)15-26/h6-16,23,29H,5,17-20H2,1-4H3,(H,34,37). The van der Waals surface area contributed by atoms with Gasteiger partial charge in [-0.1, -0.05) is 95.8 Å². The van der Waals surface area contributed by atoms with E-state index in [0.717, 1.165) is 23.3 Å². The smallest absolute Gasteiger partial charge is 0.243 e. The predicted octanol–water partition coefficient (Wildman–Crippen LogP) is 7.40. The third kappa shape index (κ3) is 9.07. The van der Waals surface area contributed by atoms with Gasteiger partial charge >= 0.3 is 0 Å². The van der Waals surface area contributed by atoms with Gasteiger partial charge in [0, 0.05) is 24.8 Å². The van der Waals surface area contributed by atoms with Crippen LogP contribution in [0.2, 0.25) is 10.0 Å². The van der Waals surface area contributed by atoms with Gasteiger partial charge in [0.15, 0.2) is 0 Å². The van der Waals surface area contributed by atoms with E-state index >= 15 is 0 Å². The minimum atomic E-state index is -0.671. The highest BCUT2D eigenvalue weighted by Gasteiger charge is 2.31. The summed E-state index contributed by atoms with van der Waals surface area (Å²) in [7, 11) is 0. The molecule has 1 N–H and O–H groups in total. The maximum absolute atomic E-state index is 13.8. The van der Waals surface area contributed by atoms with Crippen LogP contribution in [0.4, 0.5) is 0 Å². The maximum Gasteiger partial charge on any atom is 0.243 e. The lowest BCUT2D eigenvalue weighted by molar-refractivity contribution is -0.139. The minimum Gasteiger partial charge on any atom is -0.352 e. The molecule has 0 heterocycles. The average Bonchev–Trinajstić information content (AvgIpc) is 2.88. The quantitative estimate of drug-likeness (QED) is 0.247. The van der Waals surface area contributed by atoms with Crippen molar-refractivity contribution in [1.82, 2.24) is 10.2 Å². The van der Waals surface area contributed by atoms with E-state index in [4.69, 9.17) is 23.2 Å². The predicted molar refractivity (Wildman–Crippen MR) is 161 cm³/mol. The first-order chi connectivity index (χ1) is 18.2. The molecule has 202 valence electrons. The molecule has 0 aliphatic heterocycles. The van der Waals surface area contributed by atoms with Crippen molar-refractivity contribution in [3.63, 3.8) is 0 Å². The Kier molecular flexibility index (Phi) is 11.6. The Morgan fingerprint density at radius 2 is 1.58 bits per heavy atom. The number of nitrogens with one attached hydrogen (secondary N) is 1. The molecule has 38 heavy (non-hydrogen) atoms. The number of thioether (sulfide) groups is 1. The Morgan fingerprint density at radius 3 is 2.21 bits per heavy atom. The molecule has 0 aliphatic carbocycles. The number of nitrogens with zero attached hydrogens (tertiary/aromatic N) is 1. The summed E-state index contributed by atoms with van der Waals surface area (Å²) >= 11 is 14.0. The molecule has 3 aromatic carbocycles. The summed E-state index contributed by atoms with van der Waals surface area (Å²) < 4.78 is 0. The summed E-state index contributed by atoms with van der Waals surface area (Å²) in [5.74, 6) is 0.731. The first-order valence-corrected chi connectivity index (χ1v) is 14.8. The molecule has 0 bridgehead atoms. The first-order valence-electron chi connectivity index (χ1n) is 12.9. The SMILES string of the molecule is CCC(C)NC(=O)C(Cc1ccccc1)N(Cc1ccc(Cl)c(Cl)c1)C(=O)CSCc1cc(C)cc(C)c1. The third-order valence-electron chi connectivity index (χ3n) is 6.38. The van der Waals surface area contributed by atoms with Crippen LogP contribution in [0.15, 0.2) is 66.7 Å². The van der Waals surface area contributed by atoms with Gasteiger partial charge in [-0.25, -0.2) is 0 Å². The normalized spacial score (nSPS) is 12.6. The summed E-state index contributed by atoms with van der Waals surface area (Å²) in [6, 6.07) is 20.9. The Bertz CT molecular complexity index is 1220. The second kappa shape index (κ2) is 14.6. The van der Waals surface area contributed by atoms with E-state index in [0.29, 0.717) is 16.5 Å². The molecule has 0 radical (unpaired) electrons. The van der Waals surface area contributed by atoms with Gasteiger partial charge in [0.05, 0.1) is 15.8 Å². The van der Waals surface area contributed by atoms with Gasteiger partial charge < -0.3 is 10.2 Å². The van der Waals surface area contributed by atoms with Crippen LogP contribution in [0.25, 0.3) is 0 Å². The van der Waals surface area contributed by atoms with E-state index in [9.17, 15) is 9.59 Å². The zero-order valence-corrected chi connectivity index (χ0v) is 24.8. The van der Waals surface area contributed by atoms with Gasteiger partial charge in [-0.05, 0) is 56.0 Å². The van der Waals surface area contributed by atoms with Crippen LogP contribution in [0.1, 0.15) is 48.1 Å². The van der Waals surface area contributed by atoms with Crippen molar-refractivity contribution in [1.29, 1.82) is 0 Å². The highest BCUT2D eigenvalue weighted by molar-refractivity contribution is 7.99. The molecule has 0 spiro atoms. The molecule has 7 heteroatoms. The number of aryl methyl sites for hydroxylation is 2. The van der Waals surface area contributed by atoms with Crippen LogP contribution >= 0.6 is 35.0 Å².